The van der Waals surface area contributed by atoms with Crippen LogP contribution in [-0.2, 0) is 15.8 Å². The van der Waals surface area contributed by atoms with Crippen molar-refractivity contribution in [2.45, 2.75) is 10.6 Å². The number of nitrogens with two attached hydrogens (primary N) is 1. The van der Waals surface area contributed by atoms with Gasteiger partial charge in [-0.05, 0) is 28.8 Å². The van der Waals surface area contributed by atoms with Gasteiger partial charge in [0.25, 0.3) is 0 Å². The van der Waals surface area contributed by atoms with Crippen LogP contribution in [-0.4, -0.2) is 8.42 Å². The molecule has 0 atom stereocenters. The van der Waals surface area contributed by atoms with Crippen LogP contribution in [0.2, 0.25) is 0 Å². The molecule has 0 heterocycles. The zero-order valence-corrected chi connectivity index (χ0v) is 11.3. The third kappa shape index (κ3) is 2.93. The van der Waals surface area contributed by atoms with E-state index in [9.17, 15) is 8.42 Å². The number of hydrogen-bond acceptors (Lipinski definition) is 3. The van der Waals surface area contributed by atoms with Crippen LogP contribution in [0.3, 0.4) is 0 Å². The summed E-state index contributed by atoms with van der Waals surface area (Å²) in [5.41, 5.74) is 2.89. The van der Waals surface area contributed by atoms with E-state index in [0.29, 0.717) is 5.75 Å². The molecule has 2 rings (SSSR count). The molecule has 0 spiro atoms. The fraction of sp³-hybridized carbons (Fsp3) is 0.0769. The Labute approximate surface area is 112 Å². The summed E-state index contributed by atoms with van der Waals surface area (Å²) in [5.74, 6) is 0.678. The van der Waals surface area contributed by atoms with Crippen molar-refractivity contribution >= 4 is 22.7 Å². The molecule has 0 aliphatic heterocycles. The molecule has 3 nitrogen and oxygen atoms in total. The topological polar surface area (TPSA) is 60.2 Å². The standard InChI is InChI=1S/C13H13NO2S2/c14-18(15,16)13-3-1-2-12(8-13)11-6-4-10(9-17)5-7-11/h1-8,17H,9H2,(H2,14,15,16). The van der Waals surface area contributed by atoms with Gasteiger partial charge in [0, 0.05) is 5.75 Å². The van der Waals surface area contributed by atoms with Crippen LogP contribution in [0.15, 0.2) is 53.4 Å². The van der Waals surface area contributed by atoms with E-state index >= 15 is 0 Å². The molecule has 0 bridgehead atoms. The van der Waals surface area contributed by atoms with Crippen molar-refractivity contribution in [1.82, 2.24) is 0 Å². The van der Waals surface area contributed by atoms with Crippen molar-refractivity contribution in [3.63, 3.8) is 0 Å². The molecule has 0 amide bonds. The van der Waals surface area contributed by atoms with Crippen molar-refractivity contribution < 1.29 is 8.42 Å². The number of sulfonamides is 1. The Morgan fingerprint density at radius 1 is 1.00 bits per heavy atom. The van der Waals surface area contributed by atoms with E-state index in [2.05, 4.69) is 12.6 Å². The second-order valence-electron chi connectivity index (χ2n) is 3.93. The molecule has 0 unspecified atom stereocenters. The quantitative estimate of drug-likeness (QED) is 0.848. The summed E-state index contributed by atoms with van der Waals surface area (Å²) in [7, 11) is -3.66. The van der Waals surface area contributed by atoms with E-state index in [-0.39, 0.29) is 4.90 Å². The first kappa shape index (κ1) is 13.1. The Morgan fingerprint density at radius 2 is 1.67 bits per heavy atom. The van der Waals surface area contributed by atoms with Crippen LogP contribution in [0.5, 0.6) is 0 Å². The fourth-order valence-electron chi connectivity index (χ4n) is 1.66. The van der Waals surface area contributed by atoms with Crippen LogP contribution in [0.25, 0.3) is 11.1 Å². The number of benzene rings is 2. The van der Waals surface area contributed by atoms with Gasteiger partial charge in [0.1, 0.15) is 0 Å². The van der Waals surface area contributed by atoms with Gasteiger partial charge in [-0.15, -0.1) is 0 Å². The van der Waals surface area contributed by atoms with Gasteiger partial charge in [0.15, 0.2) is 0 Å². The van der Waals surface area contributed by atoms with Gasteiger partial charge in [0.05, 0.1) is 4.90 Å². The molecule has 0 saturated carbocycles. The summed E-state index contributed by atoms with van der Waals surface area (Å²) in [5, 5.41) is 5.11. The van der Waals surface area contributed by atoms with E-state index < -0.39 is 10.0 Å². The normalized spacial score (nSPS) is 11.4. The van der Waals surface area contributed by atoms with E-state index in [1.54, 1.807) is 12.1 Å². The first-order valence-electron chi connectivity index (χ1n) is 5.34. The van der Waals surface area contributed by atoms with E-state index in [1.807, 2.05) is 30.3 Å². The first-order valence-corrected chi connectivity index (χ1v) is 7.51. The van der Waals surface area contributed by atoms with E-state index in [0.717, 1.165) is 16.7 Å². The molecule has 0 aromatic heterocycles. The summed E-state index contributed by atoms with van der Waals surface area (Å²) in [6.45, 7) is 0. The summed E-state index contributed by atoms with van der Waals surface area (Å²) < 4.78 is 22.6. The third-order valence-corrected chi connectivity index (χ3v) is 3.91. The second kappa shape index (κ2) is 5.14. The van der Waals surface area contributed by atoms with Gasteiger partial charge in [-0.1, -0.05) is 36.4 Å². The minimum atomic E-state index is -3.66. The molecule has 2 N–H and O–H groups in total. The van der Waals surface area contributed by atoms with Gasteiger partial charge in [-0.3, -0.25) is 0 Å². The lowest BCUT2D eigenvalue weighted by Crippen LogP contribution is -2.11. The maximum Gasteiger partial charge on any atom is 0.238 e. The third-order valence-electron chi connectivity index (χ3n) is 2.63. The maximum absolute atomic E-state index is 11.3. The molecule has 0 radical (unpaired) electrons. The number of rotatable bonds is 3. The number of thiol groups is 1. The summed E-state index contributed by atoms with van der Waals surface area (Å²) in [6.07, 6.45) is 0. The summed E-state index contributed by atoms with van der Waals surface area (Å²) in [4.78, 5) is 0.123. The molecular weight excluding hydrogens is 266 g/mol. The van der Waals surface area contributed by atoms with Crippen LogP contribution >= 0.6 is 12.6 Å². The SMILES string of the molecule is NS(=O)(=O)c1cccc(-c2ccc(CS)cc2)c1. The average molecular weight is 279 g/mol. The van der Waals surface area contributed by atoms with Crippen LogP contribution in [0, 0.1) is 0 Å². The van der Waals surface area contributed by atoms with Crippen LogP contribution in [0.4, 0.5) is 0 Å². The predicted molar refractivity (Wildman–Crippen MR) is 75.9 cm³/mol. The maximum atomic E-state index is 11.3. The van der Waals surface area contributed by atoms with Crippen molar-refractivity contribution in [1.29, 1.82) is 0 Å². The zero-order chi connectivity index (χ0) is 13.2. The highest BCUT2D eigenvalue weighted by molar-refractivity contribution is 7.89. The highest BCUT2D eigenvalue weighted by atomic mass is 32.2. The summed E-state index contributed by atoms with van der Waals surface area (Å²) in [6, 6.07) is 14.4. The molecule has 0 aliphatic carbocycles. The minimum absolute atomic E-state index is 0.123. The Balaban J connectivity index is 2.44. The van der Waals surface area contributed by atoms with Crippen LogP contribution in [0.1, 0.15) is 5.56 Å². The Hall–Kier alpha value is -1.30. The Morgan fingerprint density at radius 3 is 2.22 bits per heavy atom. The lowest BCUT2D eigenvalue weighted by molar-refractivity contribution is 0.598. The highest BCUT2D eigenvalue weighted by Crippen LogP contribution is 2.22. The lowest BCUT2D eigenvalue weighted by atomic mass is 10.0. The van der Waals surface area contributed by atoms with Crippen LogP contribution < -0.4 is 5.14 Å². The molecule has 5 heteroatoms. The largest absolute Gasteiger partial charge is 0.238 e. The van der Waals surface area contributed by atoms with Gasteiger partial charge in [0.2, 0.25) is 10.0 Å². The molecular formula is C13H13NO2S2. The first-order chi connectivity index (χ1) is 8.50. The zero-order valence-electron chi connectivity index (χ0n) is 9.58. The highest BCUT2D eigenvalue weighted by Gasteiger charge is 2.08. The van der Waals surface area contributed by atoms with Crippen molar-refractivity contribution in [2.24, 2.45) is 5.14 Å². The van der Waals surface area contributed by atoms with E-state index in [4.69, 9.17) is 5.14 Å². The van der Waals surface area contributed by atoms with Crippen molar-refractivity contribution in [2.75, 3.05) is 0 Å². The smallest absolute Gasteiger partial charge is 0.225 e. The van der Waals surface area contributed by atoms with Gasteiger partial charge in [-0.2, -0.15) is 12.6 Å². The van der Waals surface area contributed by atoms with Gasteiger partial charge < -0.3 is 0 Å². The van der Waals surface area contributed by atoms with Gasteiger partial charge in [-0.25, -0.2) is 13.6 Å². The van der Waals surface area contributed by atoms with E-state index in [1.165, 1.54) is 6.07 Å². The molecule has 2 aromatic carbocycles. The Bertz CT molecular complexity index is 649. The molecule has 2 aromatic rings. The number of primary sulfonamides is 1. The predicted octanol–water partition coefficient (Wildman–Crippen LogP) is 2.43. The Kier molecular flexibility index (Phi) is 3.75. The lowest BCUT2D eigenvalue weighted by Gasteiger charge is -2.05. The molecule has 0 aliphatic rings. The van der Waals surface area contributed by atoms with Crippen molar-refractivity contribution in [3.05, 3.63) is 54.1 Å². The monoisotopic (exact) mass is 279 g/mol. The second-order valence-corrected chi connectivity index (χ2v) is 5.81. The van der Waals surface area contributed by atoms with Crippen molar-refractivity contribution in [3.8, 4) is 11.1 Å². The molecule has 94 valence electrons. The molecule has 0 saturated heterocycles. The fourth-order valence-corrected chi connectivity index (χ4v) is 2.43. The average Bonchev–Trinajstić information content (AvgIpc) is 2.38. The van der Waals surface area contributed by atoms with Gasteiger partial charge >= 0.3 is 0 Å². The minimum Gasteiger partial charge on any atom is -0.225 e. The molecule has 0 fully saturated rings. The summed E-state index contributed by atoms with van der Waals surface area (Å²) >= 11 is 4.19. The molecule has 18 heavy (non-hydrogen) atoms. The number of hydrogen-bond donors (Lipinski definition) is 2.